The molecule has 0 radical (unpaired) electrons. The molecule has 0 heterocycles. The van der Waals surface area contributed by atoms with E-state index in [1.807, 2.05) is 0 Å². The maximum Gasteiger partial charge on any atom is 0.206 e. The largest absolute Gasteiger partial charge is 0.206 e. The molecule has 0 rings (SSSR count). The minimum Gasteiger partial charge on any atom is -0.175 e. The molecule has 0 unspecified atom stereocenters. The van der Waals surface area contributed by atoms with Crippen LogP contribution in [0.25, 0.3) is 0 Å². The molecule has 0 aromatic carbocycles. The lowest BCUT2D eigenvalue weighted by molar-refractivity contribution is 1.45. The Balaban J connectivity index is 3.06. The van der Waals surface area contributed by atoms with Crippen molar-refractivity contribution in [2.24, 2.45) is 4.99 Å². The van der Waals surface area contributed by atoms with Crippen LogP contribution in [0.15, 0.2) is 17.6 Å². The van der Waals surface area contributed by atoms with Crippen LogP contribution in [0.4, 0.5) is 0 Å². The summed E-state index contributed by atoms with van der Waals surface area (Å²) in [7, 11) is 0. The Kier molecular flexibility index (Phi) is 5.66. The van der Waals surface area contributed by atoms with E-state index in [0.717, 1.165) is 5.75 Å². The van der Waals surface area contributed by atoms with Gasteiger partial charge < -0.3 is 0 Å². The van der Waals surface area contributed by atoms with Crippen LogP contribution in [0.1, 0.15) is 0 Å². The zero-order valence-electron chi connectivity index (χ0n) is 4.37. The Morgan fingerprint density at radius 2 is 2.62 bits per heavy atom. The molecule has 2 nitrogen and oxygen atoms in total. The third-order valence-corrected chi connectivity index (χ3v) is 1.08. The van der Waals surface area contributed by atoms with Gasteiger partial charge in [-0.2, -0.15) is 10.3 Å². The summed E-state index contributed by atoms with van der Waals surface area (Å²) < 4.78 is 0. The minimum absolute atomic E-state index is 0.811. The van der Waals surface area contributed by atoms with Crippen LogP contribution >= 0.6 is 11.8 Å². The third-order valence-electron chi connectivity index (χ3n) is 0.399. The van der Waals surface area contributed by atoms with E-state index in [2.05, 4.69) is 11.6 Å². The number of nitriles is 1. The normalized spacial score (nSPS) is 8.88. The fourth-order valence-corrected chi connectivity index (χ4v) is 0.516. The molecule has 0 aromatic heterocycles. The Morgan fingerprint density at radius 1 is 1.88 bits per heavy atom. The van der Waals surface area contributed by atoms with Crippen LogP contribution in [0.3, 0.4) is 0 Å². The van der Waals surface area contributed by atoms with Crippen molar-refractivity contribution in [3.05, 3.63) is 12.7 Å². The van der Waals surface area contributed by atoms with Crippen molar-refractivity contribution in [2.75, 3.05) is 5.75 Å². The van der Waals surface area contributed by atoms with Crippen molar-refractivity contribution in [1.29, 1.82) is 5.26 Å². The fraction of sp³-hybridized carbons (Fsp3) is 0.200. The van der Waals surface area contributed by atoms with Gasteiger partial charge in [0.15, 0.2) is 0 Å². The molecule has 0 aliphatic rings. The summed E-state index contributed by atoms with van der Waals surface area (Å²) >= 11 is 1.45. The molecule has 0 spiro atoms. The van der Waals surface area contributed by atoms with Gasteiger partial charge in [0, 0.05) is 5.75 Å². The van der Waals surface area contributed by atoms with Crippen LogP contribution in [-0.4, -0.2) is 11.3 Å². The van der Waals surface area contributed by atoms with Gasteiger partial charge in [0.05, 0.1) is 5.55 Å². The lowest BCUT2D eigenvalue weighted by atomic mass is 10.8. The molecule has 0 N–H and O–H groups in total. The summed E-state index contributed by atoms with van der Waals surface area (Å²) in [5.74, 6) is 0.811. The van der Waals surface area contributed by atoms with Crippen LogP contribution in [0.2, 0.25) is 0 Å². The van der Waals surface area contributed by atoms with E-state index in [0.29, 0.717) is 0 Å². The van der Waals surface area contributed by atoms with Gasteiger partial charge in [-0.25, -0.2) is 0 Å². The second-order valence-electron chi connectivity index (χ2n) is 0.957. The average Bonchev–Trinajstić information content (AvgIpc) is 1.81. The van der Waals surface area contributed by atoms with E-state index < -0.39 is 0 Å². The second-order valence-corrected chi connectivity index (χ2v) is 1.83. The van der Waals surface area contributed by atoms with Crippen LogP contribution < -0.4 is 0 Å². The van der Waals surface area contributed by atoms with Gasteiger partial charge in [0.25, 0.3) is 0 Å². The molecule has 0 saturated carbocycles. The van der Waals surface area contributed by atoms with Crippen LogP contribution in [0.5, 0.6) is 0 Å². The highest BCUT2D eigenvalue weighted by atomic mass is 32.2. The molecule has 8 heavy (non-hydrogen) atoms. The van der Waals surface area contributed by atoms with Gasteiger partial charge in [0.2, 0.25) is 6.19 Å². The molecule has 0 fully saturated rings. The maximum atomic E-state index is 7.88. The molecule has 0 atom stereocenters. The highest BCUT2D eigenvalue weighted by Crippen LogP contribution is 1.92. The number of aliphatic imine (C=N–C) groups is 1. The number of thioether (sulfide) groups is 1. The van der Waals surface area contributed by atoms with Crippen molar-refractivity contribution < 1.29 is 0 Å². The Morgan fingerprint density at radius 3 is 3.12 bits per heavy atom. The number of nitrogens with zero attached hydrogens (tertiary/aromatic N) is 2. The Labute approximate surface area is 52.9 Å². The van der Waals surface area contributed by atoms with E-state index in [9.17, 15) is 0 Å². The van der Waals surface area contributed by atoms with Crippen molar-refractivity contribution in [3.63, 3.8) is 0 Å². The minimum atomic E-state index is 0.811. The molecular weight excluding hydrogens is 120 g/mol. The fourth-order valence-electron chi connectivity index (χ4n) is 0.172. The molecule has 0 aromatic rings. The van der Waals surface area contributed by atoms with E-state index in [-0.39, 0.29) is 0 Å². The first-order valence-corrected chi connectivity index (χ1v) is 3.10. The first kappa shape index (κ1) is 7.25. The monoisotopic (exact) mass is 126 g/mol. The standard InChI is InChI=1S/C5H6N2S/c1-2-3-8-5-7-4-6/h2,5H,1,3H2. The van der Waals surface area contributed by atoms with Crippen molar-refractivity contribution in [3.8, 4) is 6.19 Å². The van der Waals surface area contributed by atoms with Gasteiger partial charge in [-0.3, -0.25) is 0 Å². The Bertz CT molecular complexity index is 123. The number of hydrogen-bond acceptors (Lipinski definition) is 3. The lowest BCUT2D eigenvalue weighted by Gasteiger charge is -1.77. The topological polar surface area (TPSA) is 36.1 Å². The van der Waals surface area contributed by atoms with E-state index >= 15 is 0 Å². The van der Waals surface area contributed by atoms with Gasteiger partial charge >= 0.3 is 0 Å². The molecule has 42 valence electrons. The summed E-state index contributed by atoms with van der Waals surface area (Å²) in [4.78, 5) is 3.31. The zero-order valence-corrected chi connectivity index (χ0v) is 5.19. The zero-order chi connectivity index (χ0) is 6.24. The Hall–Kier alpha value is -0.750. The third kappa shape index (κ3) is 5.25. The van der Waals surface area contributed by atoms with E-state index in [4.69, 9.17) is 5.26 Å². The number of rotatable bonds is 3. The van der Waals surface area contributed by atoms with Gasteiger partial charge in [0.1, 0.15) is 0 Å². The van der Waals surface area contributed by atoms with E-state index in [1.54, 1.807) is 12.3 Å². The quantitative estimate of drug-likeness (QED) is 0.188. The molecule has 0 saturated heterocycles. The molecule has 0 aliphatic carbocycles. The van der Waals surface area contributed by atoms with E-state index in [1.165, 1.54) is 17.3 Å². The highest BCUT2D eigenvalue weighted by Gasteiger charge is 1.71. The summed E-state index contributed by atoms with van der Waals surface area (Å²) in [6.45, 7) is 3.49. The van der Waals surface area contributed by atoms with Gasteiger partial charge in [-0.15, -0.1) is 18.3 Å². The molecule has 0 bridgehead atoms. The molecule has 0 amide bonds. The molecular formula is C5H6N2S. The summed E-state index contributed by atoms with van der Waals surface area (Å²) in [5.41, 5.74) is 1.50. The highest BCUT2D eigenvalue weighted by molar-refractivity contribution is 8.12. The summed E-state index contributed by atoms with van der Waals surface area (Å²) in [6.07, 6.45) is 3.40. The molecule has 0 aliphatic heterocycles. The number of hydrogen-bond donors (Lipinski definition) is 0. The summed E-state index contributed by atoms with van der Waals surface area (Å²) in [5, 5.41) is 7.88. The average molecular weight is 126 g/mol. The smallest absolute Gasteiger partial charge is 0.175 e. The van der Waals surface area contributed by atoms with Crippen LogP contribution in [-0.2, 0) is 0 Å². The lowest BCUT2D eigenvalue weighted by Crippen LogP contribution is -1.66. The SMILES string of the molecule is C=CCSC=NC#N. The first-order chi connectivity index (χ1) is 3.91. The van der Waals surface area contributed by atoms with Crippen molar-refractivity contribution >= 4 is 17.3 Å². The van der Waals surface area contributed by atoms with Crippen molar-refractivity contribution in [2.45, 2.75) is 0 Å². The van der Waals surface area contributed by atoms with Gasteiger partial charge in [-0.1, -0.05) is 6.08 Å². The van der Waals surface area contributed by atoms with Crippen molar-refractivity contribution in [1.82, 2.24) is 0 Å². The molecule has 3 heteroatoms. The predicted octanol–water partition coefficient (Wildman–Crippen LogP) is 1.41. The van der Waals surface area contributed by atoms with Crippen LogP contribution in [0, 0.1) is 11.5 Å². The second kappa shape index (κ2) is 6.25. The predicted molar refractivity (Wildman–Crippen MR) is 36.8 cm³/mol. The maximum absolute atomic E-state index is 7.88. The first-order valence-electron chi connectivity index (χ1n) is 2.05. The van der Waals surface area contributed by atoms with Gasteiger partial charge in [-0.05, 0) is 0 Å². The summed E-state index contributed by atoms with van der Waals surface area (Å²) in [6, 6.07) is 0.